The molecule has 0 spiro atoms. The standard InChI is InChI=1S/C22H27NO6/c1-23-9-8-12-10-16(26-3)17(27-4)11-14(12)20-19(23)13-6-7-15(25-2)21(28-5)18(13)22(24)29-20/h6-7,10-11,19-20,22,24H,8-9H2,1-5H3. The number of hydrogen-bond acceptors (Lipinski definition) is 7. The van der Waals surface area contributed by atoms with Gasteiger partial charge in [-0.3, -0.25) is 4.90 Å². The van der Waals surface area contributed by atoms with Gasteiger partial charge in [0.15, 0.2) is 29.3 Å². The van der Waals surface area contributed by atoms with E-state index in [4.69, 9.17) is 23.7 Å². The minimum Gasteiger partial charge on any atom is -0.493 e. The van der Waals surface area contributed by atoms with Crippen molar-refractivity contribution in [3.63, 3.8) is 0 Å². The maximum absolute atomic E-state index is 10.9. The predicted octanol–water partition coefficient (Wildman–Crippen LogP) is 3.01. The van der Waals surface area contributed by atoms with Gasteiger partial charge in [0.1, 0.15) is 6.10 Å². The van der Waals surface area contributed by atoms with Crippen LogP contribution in [0.25, 0.3) is 0 Å². The number of methoxy groups -OCH3 is 4. The summed E-state index contributed by atoms with van der Waals surface area (Å²) in [5.74, 6) is 2.40. The molecule has 29 heavy (non-hydrogen) atoms. The van der Waals surface area contributed by atoms with Gasteiger partial charge in [0.05, 0.1) is 40.0 Å². The van der Waals surface area contributed by atoms with Gasteiger partial charge in [-0.1, -0.05) is 6.07 Å². The maximum Gasteiger partial charge on any atom is 0.186 e. The fourth-order valence-corrected chi connectivity index (χ4v) is 4.49. The van der Waals surface area contributed by atoms with Gasteiger partial charge < -0.3 is 28.8 Å². The second kappa shape index (κ2) is 7.74. The van der Waals surface area contributed by atoms with Gasteiger partial charge in [-0.25, -0.2) is 0 Å². The molecule has 0 saturated heterocycles. The summed E-state index contributed by atoms with van der Waals surface area (Å²) in [6.07, 6.45) is -0.664. The van der Waals surface area contributed by atoms with E-state index in [0.29, 0.717) is 28.6 Å². The summed E-state index contributed by atoms with van der Waals surface area (Å²) < 4.78 is 28.2. The highest BCUT2D eigenvalue weighted by Crippen LogP contribution is 2.53. The zero-order chi connectivity index (χ0) is 20.7. The fourth-order valence-electron chi connectivity index (χ4n) is 4.49. The SMILES string of the molecule is COc1cc2c(cc1OC)C1OC(O)c3c(ccc(OC)c3OC)C1N(C)CC2. The molecular formula is C22H27NO6. The van der Waals surface area contributed by atoms with E-state index < -0.39 is 6.29 Å². The highest BCUT2D eigenvalue weighted by Gasteiger charge is 2.43. The fraction of sp³-hybridized carbons (Fsp3) is 0.455. The molecule has 0 radical (unpaired) electrons. The predicted molar refractivity (Wildman–Crippen MR) is 107 cm³/mol. The third-order valence-corrected chi connectivity index (χ3v) is 5.91. The Hall–Kier alpha value is -2.48. The van der Waals surface area contributed by atoms with Crippen molar-refractivity contribution in [2.75, 3.05) is 42.0 Å². The summed E-state index contributed by atoms with van der Waals surface area (Å²) in [4.78, 5) is 2.25. The van der Waals surface area contributed by atoms with Crippen molar-refractivity contribution in [2.45, 2.75) is 24.9 Å². The average molecular weight is 401 g/mol. The number of ether oxygens (including phenoxy) is 5. The van der Waals surface area contributed by atoms with Crippen molar-refractivity contribution < 1.29 is 28.8 Å². The van der Waals surface area contributed by atoms with Gasteiger partial charge in [-0.05, 0) is 48.4 Å². The van der Waals surface area contributed by atoms with E-state index in [-0.39, 0.29) is 12.1 Å². The summed E-state index contributed by atoms with van der Waals surface area (Å²) in [5.41, 5.74) is 3.70. The van der Waals surface area contributed by atoms with Gasteiger partial charge in [0.25, 0.3) is 0 Å². The highest BCUT2D eigenvalue weighted by molar-refractivity contribution is 5.55. The first-order chi connectivity index (χ1) is 14.0. The van der Waals surface area contributed by atoms with E-state index in [2.05, 4.69) is 11.9 Å². The Kier molecular flexibility index (Phi) is 5.29. The van der Waals surface area contributed by atoms with E-state index in [0.717, 1.165) is 29.7 Å². The van der Waals surface area contributed by atoms with Crippen LogP contribution in [0.15, 0.2) is 24.3 Å². The van der Waals surface area contributed by atoms with Crippen LogP contribution in [0.4, 0.5) is 0 Å². The molecule has 1 N–H and O–H groups in total. The van der Waals surface area contributed by atoms with Crippen molar-refractivity contribution in [2.24, 2.45) is 0 Å². The summed E-state index contributed by atoms with van der Waals surface area (Å²) >= 11 is 0. The zero-order valence-electron chi connectivity index (χ0n) is 17.4. The van der Waals surface area contributed by atoms with Crippen LogP contribution < -0.4 is 18.9 Å². The third kappa shape index (κ3) is 3.10. The molecule has 7 heteroatoms. The summed E-state index contributed by atoms with van der Waals surface area (Å²) in [6.45, 7) is 0.830. The number of rotatable bonds is 4. The molecule has 3 unspecified atom stereocenters. The molecule has 2 heterocycles. The number of nitrogens with zero attached hydrogens (tertiary/aromatic N) is 1. The lowest BCUT2D eigenvalue weighted by atomic mass is 9.87. The normalized spacial score (nSPS) is 23.3. The molecule has 2 aromatic rings. The number of benzene rings is 2. The van der Waals surface area contributed by atoms with Crippen LogP contribution in [0.1, 0.15) is 40.7 Å². The van der Waals surface area contributed by atoms with Crippen LogP contribution >= 0.6 is 0 Å². The van der Waals surface area contributed by atoms with Gasteiger partial charge >= 0.3 is 0 Å². The van der Waals surface area contributed by atoms with Gasteiger partial charge in [0.2, 0.25) is 0 Å². The van der Waals surface area contributed by atoms with E-state index in [1.165, 1.54) is 0 Å². The Morgan fingerprint density at radius 2 is 1.62 bits per heavy atom. The number of fused-ring (bicyclic) bond motifs is 5. The molecule has 2 aliphatic rings. The van der Waals surface area contributed by atoms with E-state index in [1.807, 2.05) is 24.3 Å². The van der Waals surface area contributed by atoms with Crippen LogP contribution in [0, 0.1) is 0 Å². The first-order valence-electron chi connectivity index (χ1n) is 9.57. The summed E-state index contributed by atoms with van der Waals surface area (Å²) in [5, 5.41) is 10.9. The van der Waals surface area contributed by atoms with Crippen molar-refractivity contribution in [3.8, 4) is 23.0 Å². The number of likely N-dealkylation sites (N-methyl/N-ethyl adjacent to an activating group) is 1. The van der Waals surface area contributed by atoms with Crippen LogP contribution in [-0.2, 0) is 11.2 Å². The Morgan fingerprint density at radius 1 is 0.931 bits per heavy atom. The van der Waals surface area contributed by atoms with Crippen LogP contribution in [-0.4, -0.2) is 52.0 Å². The lowest BCUT2D eigenvalue weighted by molar-refractivity contribution is -0.174. The molecule has 3 atom stereocenters. The lowest BCUT2D eigenvalue weighted by Gasteiger charge is -2.40. The molecule has 156 valence electrons. The van der Waals surface area contributed by atoms with Gasteiger partial charge in [-0.2, -0.15) is 0 Å². The molecule has 7 nitrogen and oxygen atoms in total. The smallest absolute Gasteiger partial charge is 0.186 e. The quantitative estimate of drug-likeness (QED) is 0.845. The van der Waals surface area contributed by atoms with Crippen LogP contribution in [0.5, 0.6) is 23.0 Å². The minimum atomic E-state index is -1.14. The average Bonchev–Trinajstić information content (AvgIpc) is 2.88. The second-order valence-corrected chi connectivity index (χ2v) is 7.29. The Labute approximate surface area is 170 Å². The molecule has 0 saturated carbocycles. The largest absolute Gasteiger partial charge is 0.493 e. The summed E-state index contributed by atoms with van der Waals surface area (Å²) in [6, 6.07) is 7.74. The molecule has 4 rings (SSSR count). The van der Waals surface area contributed by atoms with Crippen LogP contribution in [0.2, 0.25) is 0 Å². The molecule has 2 aromatic carbocycles. The van der Waals surface area contributed by atoms with Crippen molar-refractivity contribution in [1.29, 1.82) is 0 Å². The molecule has 0 amide bonds. The number of aliphatic hydroxyl groups is 1. The molecule has 0 aliphatic carbocycles. The molecule has 0 bridgehead atoms. The zero-order valence-corrected chi connectivity index (χ0v) is 17.4. The molecule has 0 fully saturated rings. The monoisotopic (exact) mass is 401 g/mol. The second-order valence-electron chi connectivity index (χ2n) is 7.29. The first kappa shape index (κ1) is 19.8. The number of hydrogen-bond donors (Lipinski definition) is 1. The van der Waals surface area contributed by atoms with Crippen molar-refractivity contribution in [1.82, 2.24) is 4.90 Å². The Morgan fingerprint density at radius 3 is 2.28 bits per heavy atom. The van der Waals surface area contributed by atoms with E-state index >= 15 is 0 Å². The molecular weight excluding hydrogens is 374 g/mol. The lowest BCUT2D eigenvalue weighted by Crippen LogP contribution is -2.35. The Bertz CT molecular complexity index is 915. The Balaban J connectivity index is 1.90. The van der Waals surface area contributed by atoms with E-state index in [9.17, 15) is 5.11 Å². The van der Waals surface area contributed by atoms with Crippen molar-refractivity contribution >= 4 is 0 Å². The topological polar surface area (TPSA) is 69.6 Å². The first-order valence-corrected chi connectivity index (χ1v) is 9.57. The van der Waals surface area contributed by atoms with Crippen LogP contribution in [0.3, 0.4) is 0 Å². The third-order valence-electron chi connectivity index (χ3n) is 5.91. The van der Waals surface area contributed by atoms with E-state index in [1.54, 1.807) is 28.4 Å². The van der Waals surface area contributed by atoms with Gasteiger partial charge in [-0.15, -0.1) is 0 Å². The maximum atomic E-state index is 10.9. The number of aliphatic hydroxyl groups excluding tert-OH is 1. The molecule has 0 aromatic heterocycles. The summed E-state index contributed by atoms with van der Waals surface area (Å²) in [7, 11) is 8.47. The van der Waals surface area contributed by atoms with Gasteiger partial charge in [0, 0.05) is 6.54 Å². The van der Waals surface area contributed by atoms with Crippen molar-refractivity contribution in [3.05, 3.63) is 46.5 Å². The molecule has 2 aliphatic heterocycles. The highest BCUT2D eigenvalue weighted by atomic mass is 16.6. The minimum absolute atomic E-state index is 0.0902.